The highest BCUT2D eigenvalue weighted by atomic mass is 16.5. The number of ether oxygens (including phenoxy) is 1. The van der Waals surface area contributed by atoms with Gasteiger partial charge in [-0.3, -0.25) is 0 Å². The maximum atomic E-state index is 6.11. The van der Waals surface area contributed by atoms with Crippen molar-refractivity contribution in [2.45, 2.75) is 26.3 Å². The number of hydrogen-bond acceptors (Lipinski definition) is 3. The van der Waals surface area contributed by atoms with Gasteiger partial charge in [0.05, 0.1) is 18.3 Å². The Bertz CT molecular complexity index is 499. The number of aliphatic imine (C=N–C) groups is 1. The molecule has 0 atom stereocenters. The molecule has 1 aromatic rings. The molecule has 0 unspecified atom stereocenters. The number of rotatable bonds is 2. The third-order valence-corrected chi connectivity index (χ3v) is 3.48. The largest absolute Gasteiger partial charge is 0.495 e. The summed E-state index contributed by atoms with van der Waals surface area (Å²) in [5, 5.41) is 0. The second-order valence-electron chi connectivity index (χ2n) is 6.29. The summed E-state index contributed by atoms with van der Waals surface area (Å²) in [5.74, 6) is 1.56. The first-order valence-electron chi connectivity index (χ1n) is 7.39. The average molecular weight is 290 g/mol. The fourth-order valence-corrected chi connectivity index (χ4v) is 2.48. The van der Waals surface area contributed by atoms with Gasteiger partial charge in [-0.2, -0.15) is 0 Å². The van der Waals surface area contributed by atoms with Crippen molar-refractivity contribution >= 4 is 11.6 Å². The van der Waals surface area contributed by atoms with Crippen LogP contribution in [0.15, 0.2) is 29.3 Å². The van der Waals surface area contributed by atoms with E-state index in [0.717, 1.165) is 37.6 Å². The lowest BCUT2D eigenvalue weighted by atomic mass is 10.1. The van der Waals surface area contributed by atoms with Crippen molar-refractivity contribution in [2.24, 2.45) is 10.7 Å². The molecule has 1 aliphatic rings. The highest BCUT2D eigenvalue weighted by Crippen LogP contribution is 2.28. The zero-order valence-electron chi connectivity index (χ0n) is 13.5. The van der Waals surface area contributed by atoms with Crippen molar-refractivity contribution in [3.8, 4) is 5.75 Å². The van der Waals surface area contributed by atoms with Gasteiger partial charge in [-0.25, -0.2) is 4.99 Å². The van der Waals surface area contributed by atoms with Crippen molar-refractivity contribution in [3.05, 3.63) is 24.3 Å². The molecule has 0 aliphatic carbocycles. The summed E-state index contributed by atoms with van der Waals surface area (Å²) in [7, 11) is 1.71. The lowest BCUT2D eigenvalue weighted by Crippen LogP contribution is -2.51. The Morgan fingerprint density at radius 2 is 1.76 bits per heavy atom. The van der Waals surface area contributed by atoms with Crippen molar-refractivity contribution in [1.82, 2.24) is 4.90 Å². The molecule has 5 heteroatoms. The number of anilines is 1. The number of para-hydroxylation sites is 2. The second kappa shape index (κ2) is 6.24. The Kier molecular flexibility index (Phi) is 4.60. The molecule has 0 amide bonds. The van der Waals surface area contributed by atoms with E-state index in [1.54, 1.807) is 7.11 Å². The summed E-state index contributed by atoms with van der Waals surface area (Å²) in [6, 6.07) is 8.13. The first-order valence-corrected chi connectivity index (χ1v) is 7.39. The summed E-state index contributed by atoms with van der Waals surface area (Å²) in [5.41, 5.74) is 7.12. The third kappa shape index (κ3) is 4.03. The van der Waals surface area contributed by atoms with Crippen molar-refractivity contribution < 1.29 is 4.74 Å². The van der Waals surface area contributed by atoms with E-state index < -0.39 is 0 Å². The molecule has 0 bridgehead atoms. The lowest BCUT2D eigenvalue weighted by molar-refractivity contribution is 0.370. The minimum absolute atomic E-state index is 0.135. The van der Waals surface area contributed by atoms with Gasteiger partial charge < -0.3 is 20.3 Å². The van der Waals surface area contributed by atoms with Gasteiger partial charge in [0.15, 0.2) is 5.96 Å². The Morgan fingerprint density at radius 3 is 2.33 bits per heavy atom. The summed E-state index contributed by atoms with van der Waals surface area (Å²) in [6.45, 7) is 9.77. The van der Waals surface area contributed by atoms with Crippen molar-refractivity contribution in [3.63, 3.8) is 0 Å². The molecule has 1 aromatic carbocycles. The molecule has 0 aromatic heterocycles. The van der Waals surface area contributed by atoms with Crippen LogP contribution in [0.1, 0.15) is 20.8 Å². The lowest BCUT2D eigenvalue weighted by Gasteiger charge is -2.37. The number of guanidine groups is 1. The molecule has 0 saturated carbocycles. The summed E-state index contributed by atoms with van der Waals surface area (Å²) >= 11 is 0. The Balaban J connectivity index is 2.02. The molecule has 1 aliphatic heterocycles. The molecule has 5 nitrogen and oxygen atoms in total. The van der Waals surface area contributed by atoms with Crippen LogP contribution in [-0.2, 0) is 0 Å². The topological polar surface area (TPSA) is 54.1 Å². The Morgan fingerprint density at radius 1 is 1.14 bits per heavy atom. The standard InChI is InChI=1S/C16H26N4O/c1-16(2,3)18-15(17)20-11-9-19(10-12-20)13-7-5-6-8-14(13)21-4/h5-8H,9-12H2,1-4H3,(H2,17,18). The van der Waals surface area contributed by atoms with Crippen LogP contribution < -0.4 is 15.4 Å². The highest BCUT2D eigenvalue weighted by molar-refractivity contribution is 5.79. The quantitative estimate of drug-likeness (QED) is 0.668. The number of nitrogens with zero attached hydrogens (tertiary/aromatic N) is 3. The highest BCUT2D eigenvalue weighted by Gasteiger charge is 2.21. The van der Waals surface area contributed by atoms with Gasteiger partial charge in [0, 0.05) is 26.2 Å². The fourth-order valence-electron chi connectivity index (χ4n) is 2.48. The Labute approximate surface area is 127 Å². The van der Waals surface area contributed by atoms with Gasteiger partial charge in [-0.15, -0.1) is 0 Å². The second-order valence-corrected chi connectivity index (χ2v) is 6.29. The molecule has 0 spiro atoms. The monoisotopic (exact) mass is 290 g/mol. The number of nitrogens with two attached hydrogens (primary N) is 1. The van der Waals surface area contributed by atoms with Crippen LogP contribution in [0.2, 0.25) is 0 Å². The van der Waals surface area contributed by atoms with Crippen LogP contribution in [0.3, 0.4) is 0 Å². The van der Waals surface area contributed by atoms with Crippen LogP contribution in [0.4, 0.5) is 5.69 Å². The van der Waals surface area contributed by atoms with Gasteiger partial charge >= 0.3 is 0 Å². The van der Waals surface area contributed by atoms with E-state index in [0.29, 0.717) is 5.96 Å². The third-order valence-electron chi connectivity index (χ3n) is 3.48. The van der Waals surface area contributed by atoms with Gasteiger partial charge in [-0.1, -0.05) is 12.1 Å². The molecular formula is C16H26N4O. The van der Waals surface area contributed by atoms with Crippen LogP contribution in [0.5, 0.6) is 5.75 Å². The van der Waals surface area contributed by atoms with E-state index in [-0.39, 0.29) is 5.54 Å². The average Bonchev–Trinajstić information content (AvgIpc) is 2.45. The summed E-state index contributed by atoms with van der Waals surface area (Å²) < 4.78 is 5.44. The molecule has 1 heterocycles. The minimum Gasteiger partial charge on any atom is -0.495 e. The first kappa shape index (κ1) is 15.5. The maximum Gasteiger partial charge on any atom is 0.191 e. The van der Waals surface area contributed by atoms with Crippen LogP contribution >= 0.6 is 0 Å². The zero-order valence-corrected chi connectivity index (χ0v) is 13.5. The van der Waals surface area contributed by atoms with E-state index in [4.69, 9.17) is 10.5 Å². The van der Waals surface area contributed by atoms with E-state index in [1.807, 2.05) is 18.2 Å². The molecule has 116 valence electrons. The smallest absolute Gasteiger partial charge is 0.191 e. The molecule has 2 rings (SSSR count). The van der Waals surface area contributed by atoms with E-state index in [2.05, 4.69) is 41.6 Å². The molecular weight excluding hydrogens is 264 g/mol. The minimum atomic E-state index is -0.135. The van der Waals surface area contributed by atoms with E-state index in [9.17, 15) is 0 Å². The maximum absolute atomic E-state index is 6.11. The van der Waals surface area contributed by atoms with E-state index >= 15 is 0 Å². The predicted octanol–water partition coefficient (Wildman–Crippen LogP) is 1.93. The van der Waals surface area contributed by atoms with Crippen molar-refractivity contribution in [2.75, 3.05) is 38.2 Å². The van der Waals surface area contributed by atoms with Crippen LogP contribution in [0, 0.1) is 0 Å². The molecule has 2 N–H and O–H groups in total. The predicted molar refractivity (Wildman–Crippen MR) is 88.2 cm³/mol. The first-order chi connectivity index (χ1) is 9.90. The number of piperazine rings is 1. The van der Waals surface area contributed by atoms with Gasteiger partial charge in [0.25, 0.3) is 0 Å². The molecule has 1 fully saturated rings. The van der Waals surface area contributed by atoms with Crippen molar-refractivity contribution in [1.29, 1.82) is 0 Å². The normalized spacial score (nSPS) is 17.0. The van der Waals surface area contributed by atoms with Gasteiger partial charge in [0.2, 0.25) is 0 Å². The molecule has 0 radical (unpaired) electrons. The van der Waals surface area contributed by atoms with Gasteiger partial charge in [-0.05, 0) is 32.9 Å². The molecule has 1 saturated heterocycles. The number of hydrogen-bond donors (Lipinski definition) is 1. The van der Waals surface area contributed by atoms with Gasteiger partial charge in [0.1, 0.15) is 5.75 Å². The summed E-state index contributed by atoms with van der Waals surface area (Å²) in [6.07, 6.45) is 0. The van der Waals surface area contributed by atoms with E-state index in [1.165, 1.54) is 0 Å². The fraction of sp³-hybridized carbons (Fsp3) is 0.562. The van der Waals surface area contributed by atoms with Crippen LogP contribution in [-0.4, -0.2) is 49.7 Å². The molecule has 21 heavy (non-hydrogen) atoms. The van der Waals surface area contributed by atoms with Crippen LogP contribution in [0.25, 0.3) is 0 Å². The summed E-state index contributed by atoms with van der Waals surface area (Å²) in [4.78, 5) is 9.02. The number of methoxy groups -OCH3 is 1. The SMILES string of the molecule is COc1ccccc1N1CCN(C(N)=NC(C)(C)C)CC1. The Hall–Kier alpha value is -1.91. The zero-order chi connectivity index (χ0) is 15.5. The number of benzene rings is 1.